The van der Waals surface area contributed by atoms with Crippen molar-refractivity contribution in [1.82, 2.24) is 4.98 Å². The molecule has 1 N–H and O–H groups in total. The smallest absolute Gasteiger partial charge is 0.356 e. The summed E-state index contributed by atoms with van der Waals surface area (Å²) in [5.74, 6) is -0.979. The summed E-state index contributed by atoms with van der Waals surface area (Å²) in [4.78, 5) is 27.9. The summed E-state index contributed by atoms with van der Waals surface area (Å²) in [5, 5.41) is 3.29. The van der Waals surface area contributed by atoms with Crippen LogP contribution in [0, 0.1) is 6.92 Å². The molecule has 0 radical (unpaired) electrons. The maximum atomic E-state index is 12.2. The van der Waals surface area contributed by atoms with Crippen molar-refractivity contribution in [2.75, 3.05) is 11.9 Å². The van der Waals surface area contributed by atoms with Crippen LogP contribution in [0.2, 0.25) is 5.02 Å². The molecule has 0 fully saturated rings. The zero-order valence-corrected chi connectivity index (χ0v) is 13.0. The number of esters is 1. The van der Waals surface area contributed by atoms with Gasteiger partial charge >= 0.3 is 5.97 Å². The van der Waals surface area contributed by atoms with E-state index in [1.807, 2.05) is 0 Å². The summed E-state index contributed by atoms with van der Waals surface area (Å²) < 4.78 is 4.87. The lowest BCUT2D eigenvalue weighted by Gasteiger charge is -2.09. The van der Waals surface area contributed by atoms with Crippen molar-refractivity contribution in [2.45, 2.75) is 13.8 Å². The van der Waals surface area contributed by atoms with E-state index < -0.39 is 11.9 Å². The molecule has 5 nitrogen and oxygen atoms in total. The van der Waals surface area contributed by atoms with Crippen LogP contribution in [0.15, 0.2) is 36.4 Å². The highest BCUT2D eigenvalue weighted by Crippen LogP contribution is 2.23. The monoisotopic (exact) mass is 318 g/mol. The van der Waals surface area contributed by atoms with E-state index >= 15 is 0 Å². The molecule has 0 saturated carbocycles. The van der Waals surface area contributed by atoms with Crippen molar-refractivity contribution in [3.05, 3.63) is 58.4 Å². The van der Waals surface area contributed by atoms with Crippen molar-refractivity contribution in [3.63, 3.8) is 0 Å². The minimum absolute atomic E-state index is 0.0947. The topological polar surface area (TPSA) is 68.3 Å². The van der Waals surface area contributed by atoms with Gasteiger partial charge in [-0.1, -0.05) is 23.7 Å². The largest absolute Gasteiger partial charge is 0.461 e. The highest BCUT2D eigenvalue weighted by molar-refractivity contribution is 6.31. The number of amides is 1. The Balaban J connectivity index is 2.21. The van der Waals surface area contributed by atoms with Crippen molar-refractivity contribution in [3.8, 4) is 0 Å². The van der Waals surface area contributed by atoms with E-state index in [4.69, 9.17) is 16.3 Å². The third-order valence-electron chi connectivity index (χ3n) is 2.98. The summed E-state index contributed by atoms with van der Waals surface area (Å²) in [6.45, 7) is 3.76. The van der Waals surface area contributed by atoms with Gasteiger partial charge in [0.25, 0.3) is 5.91 Å². The standard InChI is InChI=1S/C16H15ClN2O3/c1-3-22-16(21)14-9-5-8-13(18-14)15(20)19-12-7-4-6-11(17)10(12)2/h4-9H,3H2,1-2H3,(H,19,20). The van der Waals surface area contributed by atoms with Gasteiger partial charge in [-0.2, -0.15) is 0 Å². The van der Waals surface area contributed by atoms with Gasteiger partial charge in [0, 0.05) is 10.7 Å². The van der Waals surface area contributed by atoms with E-state index in [0.29, 0.717) is 10.7 Å². The van der Waals surface area contributed by atoms with Crippen LogP contribution in [0.1, 0.15) is 33.5 Å². The molecule has 0 aliphatic heterocycles. The van der Waals surface area contributed by atoms with Gasteiger partial charge in [0.2, 0.25) is 0 Å². The average molecular weight is 319 g/mol. The van der Waals surface area contributed by atoms with Crippen molar-refractivity contribution >= 4 is 29.2 Å². The maximum absolute atomic E-state index is 12.2. The number of hydrogen-bond donors (Lipinski definition) is 1. The number of carbonyl (C=O) groups excluding carboxylic acids is 2. The molecule has 0 bridgehead atoms. The number of nitrogens with one attached hydrogen (secondary N) is 1. The lowest BCUT2D eigenvalue weighted by molar-refractivity contribution is 0.0519. The molecule has 0 aliphatic carbocycles. The number of ether oxygens (including phenoxy) is 1. The van der Waals surface area contributed by atoms with Crippen LogP contribution in [-0.4, -0.2) is 23.5 Å². The molecule has 1 aromatic heterocycles. The molecule has 2 rings (SSSR count). The van der Waals surface area contributed by atoms with Gasteiger partial charge in [0.1, 0.15) is 11.4 Å². The van der Waals surface area contributed by atoms with Gasteiger partial charge in [0.15, 0.2) is 0 Å². The van der Waals surface area contributed by atoms with Crippen LogP contribution < -0.4 is 5.32 Å². The summed E-state index contributed by atoms with van der Waals surface area (Å²) in [7, 11) is 0. The summed E-state index contributed by atoms with van der Waals surface area (Å²) in [6, 6.07) is 9.84. The Bertz CT molecular complexity index is 716. The van der Waals surface area contributed by atoms with Crippen LogP contribution in [0.4, 0.5) is 5.69 Å². The van der Waals surface area contributed by atoms with Crippen LogP contribution >= 0.6 is 11.6 Å². The lowest BCUT2D eigenvalue weighted by Crippen LogP contribution is -2.17. The van der Waals surface area contributed by atoms with E-state index in [0.717, 1.165) is 5.56 Å². The fourth-order valence-corrected chi connectivity index (χ4v) is 1.98. The van der Waals surface area contributed by atoms with Gasteiger partial charge < -0.3 is 10.1 Å². The Kier molecular flexibility index (Phi) is 5.12. The second-order valence-electron chi connectivity index (χ2n) is 4.50. The number of halogens is 1. The highest BCUT2D eigenvalue weighted by atomic mass is 35.5. The molecular formula is C16H15ClN2O3. The molecule has 22 heavy (non-hydrogen) atoms. The molecule has 0 atom stereocenters. The summed E-state index contributed by atoms with van der Waals surface area (Å²) in [6.07, 6.45) is 0. The molecule has 0 saturated heterocycles. The molecule has 6 heteroatoms. The first-order valence-electron chi connectivity index (χ1n) is 6.73. The first-order valence-corrected chi connectivity index (χ1v) is 7.11. The second kappa shape index (κ2) is 7.04. The zero-order valence-electron chi connectivity index (χ0n) is 12.2. The maximum Gasteiger partial charge on any atom is 0.356 e. The van der Waals surface area contributed by atoms with Crippen molar-refractivity contribution in [1.29, 1.82) is 0 Å². The van der Waals surface area contributed by atoms with Crippen LogP contribution in [0.25, 0.3) is 0 Å². The molecular weight excluding hydrogens is 304 g/mol. The Morgan fingerprint density at radius 1 is 1.18 bits per heavy atom. The molecule has 1 heterocycles. The first kappa shape index (κ1) is 16.0. The van der Waals surface area contributed by atoms with E-state index in [2.05, 4.69) is 10.3 Å². The van der Waals surface area contributed by atoms with E-state index in [1.165, 1.54) is 12.1 Å². The minimum Gasteiger partial charge on any atom is -0.461 e. The number of hydrogen-bond acceptors (Lipinski definition) is 4. The predicted octanol–water partition coefficient (Wildman–Crippen LogP) is 3.47. The molecule has 114 valence electrons. The predicted molar refractivity (Wildman–Crippen MR) is 84.3 cm³/mol. The van der Waals surface area contributed by atoms with Crippen LogP contribution in [-0.2, 0) is 4.74 Å². The summed E-state index contributed by atoms with van der Waals surface area (Å²) in [5.41, 5.74) is 1.59. The first-order chi connectivity index (χ1) is 10.5. The summed E-state index contributed by atoms with van der Waals surface area (Å²) >= 11 is 6.02. The molecule has 2 aromatic rings. The fourth-order valence-electron chi connectivity index (χ4n) is 1.81. The Labute approximate surface area is 133 Å². The zero-order chi connectivity index (χ0) is 16.1. The lowest BCUT2D eigenvalue weighted by atomic mass is 10.2. The number of carbonyl (C=O) groups is 2. The Morgan fingerprint density at radius 2 is 1.86 bits per heavy atom. The molecule has 0 aliphatic rings. The third-order valence-corrected chi connectivity index (χ3v) is 3.39. The van der Waals surface area contributed by atoms with Gasteiger partial charge in [-0.3, -0.25) is 4.79 Å². The van der Waals surface area contributed by atoms with E-state index in [9.17, 15) is 9.59 Å². The fraction of sp³-hybridized carbons (Fsp3) is 0.188. The molecule has 1 aromatic carbocycles. The van der Waals surface area contributed by atoms with Crippen LogP contribution in [0.5, 0.6) is 0 Å². The SMILES string of the molecule is CCOC(=O)c1cccc(C(=O)Nc2cccc(Cl)c2C)n1. The van der Waals surface area contributed by atoms with Gasteiger partial charge in [-0.15, -0.1) is 0 Å². The van der Waals surface area contributed by atoms with Gasteiger partial charge in [-0.05, 0) is 43.7 Å². The Morgan fingerprint density at radius 3 is 2.59 bits per heavy atom. The average Bonchev–Trinajstić information content (AvgIpc) is 2.52. The van der Waals surface area contributed by atoms with E-state index in [-0.39, 0.29) is 18.0 Å². The van der Waals surface area contributed by atoms with E-state index in [1.54, 1.807) is 38.1 Å². The Hall–Kier alpha value is -2.40. The number of nitrogens with zero attached hydrogens (tertiary/aromatic N) is 1. The van der Waals surface area contributed by atoms with Gasteiger partial charge in [-0.25, -0.2) is 9.78 Å². The quantitative estimate of drug-likeness (QED) is 0.876. The highest BCUT2D eigenvalue weighted by Gasteiger charge is 2.14. The molecule has 0 unspecified atom stereocenters. The van der Waals surface area contributed by atoms with Gasteiger partial charge in [0.05, 0.1) is 6.61 Å². The molecule has 1 amide bonds. The third kappa shape index (κ3) is 3.62. The number of rotatable bonds is 4. The number of pyridine rings is 1. The normalized spacial score (nSPS) is 10.1. The molecule has 0 spiro atoms. The van der Waals surface area contributed by atoms with Crippen molar-refractivity contribution in [2.24, 2.45) is 0 Å². The van der Waals surface area contributed by atoms with Crippen molar-refractivity contribution < 1.29 is 14.3 Å². The second-order valence-corrected chi connectivity index (χ2v) is 4.90. The minimum atomic E-state index is -0.559. The van der Waals surface area contributed by atoms with Crippen LogP contribution in [0.3, 0.4) is 0 Å². The number of aromatic nitrogens is 1. The number of anilines is 1. The number of benzene rings is 1.